The summed E-state index contributed by atoms with van der Waals surface area (Å²) in [5.41, 5.74) is 1.63. The van der Waals surface area contributed by atoms with E-state index in [1.165, 1.54) is 5.56 Å². The molecule has 3 nitrogen and oxygen atoms in total. The van der Waals surface area contributed by atoms with Crippen LogP contribution in [0.1, 0.15) is 30.9 Å². The van der Waals surface area contributed by atoms with Gasteiger partial charge in [-0.2, -0.15) is 0 Å². The van der Waals surface area contributed by atoms with Crippen molar-refractivity contribution in [2.45, 2.75) is 38.8 Å². The van der Waals surface area contributed by atoms with Crippen LogP contribution in [0.2, 0.25) is 0 Å². The molecule has 2 rings (SSSR count). The fourth-order valence-electron chi connectivity index (χ4n) is 2.50. The summed E-state index contributed by atoms with van der Waals surface area (Å²) in [6, 6.07) is 6.21. The number of hydrogen-bond acceptors (Lipinski definition) is 2. The Kier molecular flexibility index (Phi) is 3.78. The zero-order valence-corrected chi connectivity index (χ0v) is 12.3. The van der Waals surface area contributed by atoms with Crippen LogP contribution in [0.15, 0.2) is 22.7 Å². The van der Waals surface area contributed by atoms with Gasteiger partial charge in [0.1, 0.15) is 5.54 Å². The predicted octanol–water partition coefficient (Wildman–Crippen LogP) is 3.20. The van der Waals surface area contributed by atoms with Gasteiger partial charge in [-0.1, -0.05) is 28.1 Å². The van der Waals surface area contributed by atoms with Crippen molar-refractivity contribution in [2.24, 2.45) is 0 Å². The number of carbonyl (C=O) groups is 1. The number of carboxylic acid groups (broad SMARTS) is 1. The standard InChI is InChI=1S/C14H18BrNO2/c1-10-4-5-11(12(15)8-10)9-16-7-3-6-14(16,2)13(17)18/h4-5,8H,3,6-7,9H2,1-2H3,(H,17,18). The van der Waals surface area contributed by atoms with E-state index in [4.69, 9.17) is 0 Å². The third-order valence-corrected chi connectivity index (χ3v) is 4.56. The number of halogens is 1. The molecule has 0 bridgehead atoms. The van der Waals surface area contributed by atoms with Gasteiger partial charge >= 0.3 is 5.97 Å². The molecule has 1 unspecified atom stereocenters. The average molecular weight is 312 g/mol. The SMILES string of the molecule is Cc1ccc(CN2CCCC2(C)C(=O)O)c(Br)c1. The van der Waals surface area contributed by atoms with Crippen LogP contribution >= 0.6 is 15.9 Å². The van der Waals surface area contributed by atoms with Crippen molar-refractivity contribution in [1.29, 1.82) is 0 Å². The second-order valence-electron chi connectivity index (χ2n) is 5.20. The molecule has 0 radical (unpaired) electrons. The molecular weight excluding hydrogens is 294 g/mol. The number of nitrogens with zero attached hydrogens (tertiary/aromatic N) is 1. The van der Waals surface area contributed by atoms with Crippen LogP contribution in [-0.4, -0.2) is 28.1 Å². The van der Waals surface area contributed by atoms with Gasteiger partial charge < -0.3 is 5.11 Å². The lowest BCUT2D eigenvalue weighted by Gasteiger charge is -2.31. The van der Waals surface area contributed by atoms with E-state index in [-0.39, 0.29) is 0 Å². The normalized spacial score (nSPS) is 24.4. The largest absolute Gasteiger partial charge is 0.480 e. The van der Waals surface area contributed by atoms with Gasteiger partial charge in [0.15, 0.2) is 0 Å². The van der Waals surface area contributed by atoms with E-state index in [0.717, 1.165) is 29.4 Å². The highest BCUT2D eigenvalue weighted by Gasteiger charge is 2.43. The number of likely N-dealkylation sites (tertiary alicyclic amines) is 1. The van der Waals surface area contributed by atoms with Gasteiger partial charge in [0.2, 0.25) is 0 Å². The van der Waals surface area contributed by atoms with Crippen LogP contribution in [0, 0.1) is 6.92 Å². The topological polar surface area (TPSA) is 40.5 Å². The Morgan fingerprint density at radius 2 is 2.28 bits per heavy atom. The molecular formula is C14H18BrNO2. The fourth-order valence-corrected chi connectivity index (χ4v) is 3.12. The smallest absolute Gasteiger partial charge is 0.323 e. The van der Waals surface area contributed by atoms with E-state index in [9.17, 15) is 9.90 Å². The summed E-state index contributed by atoms with van der Waals surface area (Å²) in [6.07, 6.45) is 1.68. The third kappa shape index (κ3) is 2.45. The first-order valence-electron chi connectivity index (χ1n) is 6.17. The van der Waals surface area contributed by atoms with Crippen molar-refractivity contribution in [1.82, 2.24) is 4.90 Å². The van der Waals surface area contributed by atoms with E-state index in [0.29, 0.717) is 6.54 Å². The summed E-state index contributed by atoms with van der Waals surface area (Å²) in [4.78, 5) is 13.5. The average Bonchev–Trinajstić information content (AvgIpc) is 2.66. The van der Waals surface area contributed by atoms with Crippen molar-refractivity contribution in [2.75, 3.05) is 6.54 Å². The molecule has 0 aliphatic carbocycles. The highest BCUT2D eigenvalue weighted by Crippen LogP contribution is 2.32. The van der Waals surface area contributed by atoms with Crippen molar-refractivity contribution in [3.63, 3.8) is 0 Å². The van der Waals surface area contributed by atoms with E-state index in [1.54, 1.807) is 0 Å². The highest BCUT2D eigenvalue weighted by molar-refractivity contribution is 9.10. The van der Waals surface area contributed by atoms with Crippen LogP contribution in [0.3, 0.4) is 0 Å². The third-order valence-electron chi connectivity index (χ3n) is 3.82. The maximum atomic E-state index is 11.4. The van der Waals surface area contributed by atoms with Crippen molar-refractivity contribution >= 4 is 21.9 Å². The van der Waals surface area contributed by atoms with Crippen LogP contribution in [0.5, 0.6) is 0 Å². The lowest BCUT2D eigenvalue weighted by Crippen LogP contribution is -2.47. The number of carboxylic acids is 1. The first kappa shape index (κ1) is 13.6. The van der Waals surface area contributed by atoms with Crippen LogP contribution < -0.4 is 0 Å². The zero-order valence-electron chi connectivity index (χ0n) is 10.7. The summed E-state index contributed by atoms with van der Waals surface area (Å²) in [6.45, 7) is 5.41. The Hall–Kier alpha value is -0.870. The van der Waals surface area contributed by atoms with Gasteiger partial charge in [0.25, 0.3) is 0 Å². The molecule has 0 saturated carbocycles. The Labute approximate surface area is 116 Å². The summed E-state index contributed by atoms with van der Waals surface area (Å²) < 4.78 is 1.06. The molecule has 0 amide bonds. The lowest BCUT2D eigenvalue weighted by atomic mass is 9.99. The van der Waals surface area contributed by atoms with Gasteiger partial charge in [-0.15, -0.1) is 0 Å². The molecule has 1 atom stereocenters. The maximum Gasteiger partial charge on any atom is 0.323 e. The fraction of sp³-hybridized carbons (Fsp3) is 0.500. The molecule has 1 aliphatic rings. The summed E-state index contributed by atoms with van der Waals surface area (Å²) >= 11 is 3.55. The van der Waals surface area contributed by atoms with Gasteiger partial charge in [-0.05, 0) is 50.4 Å². The summed E-state index contributed by atoms with van der Waals surface area (Å²) in [7, 11) is 0. The monoisotopic (exact) mass is 311 g/mol. The highest BCUT2D eigenvalue weighted by atomic mass is 79.9. The van der Waals surface area contributed by atoms with E-state index >= 15 is 0 Å². The van der Waals surface area contributed by atoms with Gasteiger partial charge in [-0.25, -0.2) is 0 Å². The first-order chi connectivity index (χ1) is 8.43. The lowest BCUT2D eigenvalue weighted by molar-refractivity contribution is -0.148. The molecule has 1 N–H and O–H groups in total. The number of benzene rings is 1. The van der Waals surface area contributed by atoms with E-state index in [1.807, 2.05) is 13.8 Å². The van der Waals surface area contributed by atoms with E-state index in [2.05, 4.69) is 39.0 Å². The quantitative estimate of drug-likeness (QED) is 0.932. The van der Waals surface area contributed by atoms with Gasteiger partial charge in [0.05, 0.1) is 0 Å². The number of aliphatic carboxylic acids is 1. The first-order valence-corrected chi connectivity index (χ1v) is 6.96. The molecule has 1 heterocycles. The molecule has 0 aromatic heterocycles. The Balaban J connectivity index is 2.21. The summed E-state index contributed by atoms with van der Waals surface area (Å²) in [5.74, 6) is -0.719. The number of aryl methyl sites for hydroxylation is 1. The van der Waals surface area contributed by atoms with E-state index < -0.39 is 11.5 Å². The zero-order chi connectivity index (χ0) is 13.3. The minimum absolute atomic E-state index is 0.684. The summed E-state index contributed by atoms with van der Waals surface area (Å²) in [5, 5.41) is 9.38. The minimum Gasteiger partial charge on any atom is -0.480 e. The molecule has 1 saturated heterocycles. The van der Waals surface area contributed by atoms with Crippen LogP contribution in [-0.2, 0) is 11.3 Å². The molecule has 4 heteroatoms. The second kappa shape index (κ2) is 5.02. The molecule has 1 fully saturated rings. The van der Waals surface area contributed by atoms with Crippen molar-refractivity contribution in [3.8, 4) is 0 Å². The molecule has 18 heavy (non-hydrogen) atoms. The molecule has 1 aromatic carbocycles. The van der Waals surface area contributed by atoms with Crippen LogP contribution in [0.25, 0.3) is 0 Å². The predicted molar refractivity (Wildman–Crippen MR) is 74.6 cm³/mol. The van der Waals surface area contributed by atoms with Gasteiger partial charge in [-0.3, -0.25) is 9.69 Å². The number of rotatable bonds is 3. The molecule has 0 spiro atoms. The Morgan fingerprint density at radius 1 is 1.56 bits per heavy atom. The minimum atomic E-state index is -0.719. The Morgan fingerprint density at radius 3 is 2.89 bits per heavy atom. The molecule has 1 aliphatic heterocycles. The van der Waals surface area contributed by atoms with Crippen molar-refractivity contribution < 1.29 is 9.90 Å². The molecule has 98 valence electrons. The van der Waals surface area contributed by atoms with Crippen LogP contribution in [0.4, 0.5) is 0 Å². The number of hydrogen-bond donors (Lipinski definition) is 1. The van der Waals surface area contributed by atoms with Gasteiger partial charge in [0, 0.05) is 11.0 Å². The Bertz CT molecular complexity index is 475. The van der Waals surface area contributed by atoms with Crippen molar-refractivity contribution in [3.05, 3.63) is 33.8 Å². The molecule has 1 aromatic rings. The maximum absolute atomic E-state index is 11.4. The second-order valence-corrected chi connectivity index (χ2v) is 6.05.